The van der Waals surface area contributed by atoms with Crippen molar-refractivity contribution in [3.8, 4) is 0 Å². The van der Waals surface area contributed by atoms with Crippen LogP contribution in [0.4, 0.5) is 5.69 Å². The first-order chi connectivity index (χ1) is 17.5. The fraction of sp³-hybridized carbons (Fsp3) is 0.160. The molecule has 1 aliphatic heterocycles. The number of hydrogen-bond acceptors (Lipinski definition) is 8. The largest absolute Gasteiger partial charge is 0.369 e. The number of piperazine rings is 1. The molecule has 2 aromatic heterocycles. The molecule has 0 aliphatic carbocycles. The summed E-state index contributed by atoms with van der Waals surface area (Å²) in [6.45, 7) is 1.86. The maximum Gasteiger partial charge on any atom is 0.245 e. The van der Waals surface area contributed by atoms with Crippen LogP contribution in [0.1, 0.15) is 0 Å². The van der Waals surface area contributed by atoms with E-state index in [1.165, 1.54) is 16.1 Å². The van der Waals surface area contributed by atoms with Gasteiger partial charge in [0, 0.05) is 58.3 Å². The number of rotatable bonds is 5. The van der Waals surface area contributed by atoms with E-state index < -0.39 is 10.0 Å². The predicted octanol–water partition coefficient (Wildman–Crippen LogP) is 5.09. The van der Waals surface area contributed by atoms with E-state index in [0.717, 1.165) is 26.4 Å². The van der Waals surface area contributed by atoms with Gasteiger partial charge in [-0.2, -0.15) is 4.31 Å². The van der Waals surface area contributed by atoms with Crippen LogP contribution in [0, 0.1) is 0 Å². The summed E-state index contributed by atoms with van der Waals surface area (Å²) in [5.74, 6) is 0. The van der Waals surface area contributed by atoms with E-state index >= 15 is 0 Å². The van der Waals surface area contributed by atoms with Crippen LogP contribution in [0.25, 0.3) is 21.9 Å². The molecule has 0 saturated carbocycles. The van der Waals surface area contributed by atoms with Gasteiger partial charge in [-0.25, -0.2) is 13.0 Å². The normalized spacial score (nSPS) is 15.1. The monoisotopic (exact) mass is 537 g/mol. The maximum atomic E-state index is 13.6. The zero-order valence-corrected chi connectivity index (χ0v) is 21.3. The van der Waals surface area contributed by atoms with Gasteiger partial charge in [0.1, 0.15) is 4.90 Å². The summed E-state index contributed by atoms with van der Waals surface area (Å²) in [4.78, 5) is 8.43. The smallest absolute Gasteiger partial charge is 0.245 e. The molecule has 0 unspecified atom stereocenters. The highest BCUT2D eigenvalue weighted by molar-refractivity contribution is 7.99. The molecule has 0 atom stereocenters. The Morgan fingerprint density at radius 3 is 2.33 bits per heavy atom. The highest BCUT2D eigenvalue weighted by Crippen LogP contribution is 2.38. The number of aromatic nitrogens is 3. The van der Waals surface area contributed by atoms with Gasteiger partial charge in [-0.1, -0.05) is 41.6 Å². The molecular formula is C25H20ClN5O3S2. The first-order valence-corrected chi connectivity index (χ1v) is 13.9. The third-order valence-electron chi connectivity index (χ3n) is 6.21. The molecule has 8 nitrogen and oxygen atoms in total. The fourth-order valence-electron chi connectivity index (χ4n) is 4.37. The van der Waals surface area contributed by atoms with Crippen LogP contribution in [-0.4, -0.2) is 54.2 Å². The Balaban J connectivity index is 1.27. The van der Waals surface area contributed by atoms with E-state index in [9.17, 15) is 8.42 Å². The molecule has 3 aromatic carbocycles. The van der Waals surface area contributed by atoms with E-state index in [1.54, 1.807) is 18.3 Å². The highest BCUT2D eigenvalue weighted by atomic mass is 35.5. The molecule has 1 fully saturated rings. The van der Waals surface area contributed by atoms with Gasteiger partial charge < -0.3 is 4.90 Å². The van der Waals surface area contributed by atoms with Crippen molar-refractivity contribution in [1.29, 1.82) is 0 Å². The summed E-state index contributed by atoms with van der Waals surface area (Å²) in [5.41, 5.74) is 2.52. The van der Waals surface area contributed by atoms with E-state index in [0.29, 0.717) is 36.7 Å². The van der Waals surface area contributed by atoms with Crippen molar-refractivity contribution >= 4 is 61.0 Å². The van der Waals surface area contributed by atoms with Crippen molar-refractivity contribution < 1.29 is 13.0 Å². The lowest BCUT2D eigenvalue weighted by atomic mass is 10.2. The third-order valence-corrected chi connectivity index (χ3v) is 9.49. The summed E-state index contributed by atoms with van der Waals surface area (Å²) in [6.07, 6.45) is 1.75. The number of benzene rings is 3. The predicted molar refractivity (Wildman–Crippen MR) is 140 cm³/mol. The first-order valence-electron chi connectivity index (χ1n) is 11.3. The summed E-state index contributed by atoms with van der Waals surface area (Å²) in [7, 11) is -3.79. The lowest BCUT2D eigenvalue weighted by molar-refractivity contribution is 0.314. The van der Waals surface area contributed by atoms with Crippen LogP contribution >= 0.6 is 23.4 Å². The van der Waals surface area contributed by atoms with Crippen LogP contribution in [0.5, 0.6) is 0 Å². The zero-order chi connectivity index (χ0) is 24.7. The molecule has 36 heavy (non-hydrogen) atoms. The van der Waals surface area contributed by atoms with E-state index in [-0.39, 0.29) is 10.4 Å². The Morgan fingerprint density at radius 2 is 1.53 bits per heavy atom. The molecule has 0 N–H and O–H groups in total. The van der Waals surface area contributed by atoms with Gasteiger partial charge >= 0.3 is 0 Å². The minimum atomic E-state index is -3.79. The topological polar surface area (TPSA) is 92.4 Å². The van der Waals surface area contributed by atoms with Gasteiger partial charge in [0.2, 0.25) is 10.0 Å². The Morgan fingerprint density at radius 1 is 0.806 bits per heavy atom. The van der Waals surface area contributed by atoms with Crippen LogP contribution in [0.3, 0.4) is 0 Å². The number of para-hydroxylation sites is 1. The fourth-order valence-corrected chi connectivity index (χ4v) is 7.05. The van der Waals surface area contributed by atoms with E-state index in [1.807, 2.05) is 54.6 Å². The molecule has 1 aliphatic rings. The number of fused-ring (bicyclic) bond motifs is 2. The molecule has 0 spiro atoms. The average Bonchev–Trinajstić information content (AvgIpc) is 3.40. The minimum absolute atomic E-state index is 0.0964. The third kappa shape index (κ3) is 4.20. The second-order valence-electron chi connectivity index (χ2n) is 8.32. The lowest BCUT2D eigenvalue weighted by Gasteiger charge is -2.35. The second-order valence-corrected chi connectivity index (χ2v) is 11.8. The maximum absolute atomic E-state index is 13.6. The summed E-state index contributed by atoms with van der Waals surface area (Å²) >= 11 is 7.45. The minimum Gasteiger partial charge on any atom is -0.369 e. The molecule has 5 aromatic rings. The molecule has 0 bridgehead atoms. The van der Waals surface area contributed by atoms with Gasteiger partial charge in [-0.15, -0.1) is 0 Å². The number of nitrogens with zero attached hydrogens (tertiary/aromatic N) is 5. The summed E-state index contributed by atoms with van der Waals surface area (Å²) in [5, 5.41) is 9.71. The molecule has 11 heteroatoms. The quantitative estimate of drug-likeness (QED) is 0.306. The van der Waals surface area contributed by atoms with Gasteiger partial charge in [-0.3, -0.25) is 4.98 Å². The van der Waals surface area contributed by atoms with Gasteiger partial charge in [0.25, 0.3) is 0 Å². The number of anilines is 1. The Hall–Kier alpha value is -3.18. The van der Waals surface area contributed by atoms with E-state index in [4.69, 9.17) is 16.2 Å². The van der Waals surface area contributed by atoms with Gasteiger partial charge in [-0.05, 0) is 58.8 Å². The lowest BCUT2D eigenvalue weighted by Crippen LogP contribution is -2.48. The number of sulfonamides is 1. The highest BCUT2D eigenvalue weighted by Gasteiger charge is 2.32. The number of halogens is 1. The second kappa shape index (κ2) is 9.36. The van der Waals surface area contributed by atoms with Crippen molar-refractivity contribution in [3.05, 3.63) is 77.9 Å². The standard InChI is InChI=1S/C25H20ClN5O3S2/c26-18-6-8-19(9-7-18)30-13-15-31(16-14-30)36(32,33)22-11-10-21(24-25(22)29-34-28-24)35-20-5-1-3-17-4-2-12-27-23(17)20/h1-12H,13-16H2. The van der Waals surface area contributed by atoms with E-state index in [2.05, 4.69) is 20.2 Å². The summed E-state index contributed by atoms with van der Waals surface area (Å²) in [6, 6.07) is 20.7. The zero-order valence-electron chi connectivity index (χ0n) is 18.9. The van der Waals surface area contributed by atoms with Crippen molar-refractivity contribution in [1.82, 2.24) is 19.6 Å². The molecule has 0 radical (unpaired) electrons. The Kier molecular flexibility index (Phi) is 6.04. The molecule has 6 rings (SSSR count). The summed E-state index contributed by atoms with van der Waals surface area (Å²) < 4.78 is 33.7. The Labute approximate surface area is 216 Å². The Bertz CT molecular complexity index is 1660. The molecule has 182 valence electrons. The average molecular weight is 538 g/mol. The van der Waals surface area contributed by atoms with Crippen molar-refractivity contribution in [2.24, 2.45) is 0 Å². The first kappa shape index (κ1) is 23.2. The van der Waals surface area contributed by atoms with Crippen LogP contribution < -0.4 is 4.90 Å². The van der Waals surface area contributed by atoms with Crippen LogP contribution in [-0.2, 0) is 10.0 Å². The molecule has 3 heterocycles. The van der Waals surface area contributed by atoms with Crippen molar-refractivity contribution in [3.63, 3.8) is 0 Å². The van der Waals surface area contributed by atoms with Crippen LogP contribution in [0.2, 0.25) is 5.02 Å². The van der Waals surface area contributed by atoms with Crippen LogP contribution in [0.15, 0.2) is 92.2 Å². The number of hydrogen-bond donors (Lipinski definition) is 0. The molecular weight excluding hydrogens is 518 g/mol. The van der Waals surface area contributed by atoms with Crippen molar-refractivity contribution in [2.75, 3.05) is 31.1 Å². The molecule has 1 saturated heterocycles. The number of pyridine rings is 1. The SMILES string of the molecule is O=S(=O)(c1ccc(Sc2cccc3cccnc23)c2nonc12)N1CCN(c2ccc(Cl)cc2)CC1. The van der Waals surface area contributed by atoms with Gasteiger partial charge in [0.15, 0.2) is 11.0 Å². The van der Waals surface area contributed by atoms with Crippen molar-refractivity contribution in [2.45, 2.75) is 14.7 Å². The van der Waals surface area contributed by atoms with Gasteiger partial charge in [0.05, 0.1) is 5.52 Å². The molecule has 0 amide bonds.